The summed E-state index contributed by atoms with van der Waals surface area (Å²) in [5.41, 5.74) is 5.62. The predicted molar refractivity (Wildman–Crippen MR) is 54.8 cm³/mol. The van der Waals surface area contributed by atoms with Gasteiger partial charge in [0.25, 0.3) is 0 Å². The Morgan fingerprint density at radius 2 is 2.57 bits per heavy atom. The van der Waals surface area contributed by atoms with Crippen molar-refractivity contribution >= 4 is 5.91 Å². The highest BCUT2D eigenvalue weighted by molar-refractivity contribution is 5.81. The number of nitrogens with one attached hydrogen (secondary N) is 1. The highest BCUT2D eigenvalue weighted by atomic mass is 16.5. The molecule has 1 saturated heterocycles. The molecule has 0 spiro atoms. The summed E-state index contributed by atoms with van der Waals surface area (Å²) in [4.78, 5) is 11.5. The highest BCUT2D eigenvalue weighted by Gasteiger charge is 2.19. The van der Waals surface area contributed by atoms with Gasteiger partial charge in [-0.3, -0.25) is 4.79 Å². The lowest BCUT2D eigenvalue weighted by Gasteiger charge is -2.24. The van der Waals surface area contributed by atoms with Crippen LogP contribution in [0.3, 0.4) is 0 Å². The molecule has 80 valence electrons. The molecule has 3 N–H and O–H groups in total. The van der Waals surface area contributed by atoms with Crippen LogP contribution in [0.25, 0.3) is 0 Å². The second-order valence-electron chi connectivity index (χ2n) is 3.55. The third-order valence-corrected chi connectivity index (χ3v) is 2.26. The number of hydrogen-bond acceptors (Lipinski definition) is 3. The fourth-order valence-corrected chi connectivity index (χ4v) is 1.45. The molecule has 0 aliphatic carbocycles. The Morgan fingerprint density at radius 3 is 3.14 bits per heavy atom. The standard InChI is InChI=1S/C10H18N2O2/c1-2-4-9(11)10(13)12-8-5-3-6-14-7-8/h2,8-9H,1,3-7,11H2,(H,12,13). The molecule has 14 heavy (non-hydrogen) atoms. The predicted octanol–water partition coefficient (Wildman–Crippen LogP) is 0.185. The summed E-state index contributed by atoms with van der Waals surface area (Å²) < 4.78 is 5.25. The molecule has 4 heteroatoms. The molecule has 2 atom stereocenters. The van der Waals surface area contributed by atoms with Crippen LogP contribution in [-0.2, 0) is 9.53 Å². The maximum absolute atomic E-state index is 11.5. The van der Waals surface area contributed by atoms with E-state index in [-0.39, 0.29) is 11.9 Å². The van der Waals surface area contributed by atoms with Gasteiger partial charge in [0, 0.05) is 6.61 Å². The SMILES string of the molecule is C=CCC(N)C(=O)NC1CCCOC1. The number of carbonyl (C=O) groups is 1. The Balaban J connectivity index is 2.27. The summed E-state index contributed by atoms with van der Waals surface area (Å²) in [6.45, 7) is 4.95. The van der Waals surface area contributed by atoms with Gasteiger partial charge in [0.15, 0.2) is 0 Å². The molecule has 1 aliphatic heterocycles. The molecule has 0 aromatic rings. The number of carbonyl (C=O) groups excluding carboxylic acids is 1. The maximum atomic E-state index is 11.5. The number of amides is 1. The first-order valence-corrected chi connectivity index (χ1v) is 4.98. The van der Waals surface area contributed by atoms with Crippen LogP contribution in [0.4, 0.5) is 0 Å². The summed E-state index contributed by atoms with van der Waals surface area (Å²) in [7, 11) is 0. The summed E-state index contributed by atoms with van der Waals surface area (Å²) in [5.74, 6) is -0.111. The smallest absolute Gasteiger partial charge is 0.237 e. The van der Waals surface area contributed by atoms with Crippen LogP contribution in [-0.4, -0.2) is 31.2 Å². The van der Waals surface area contributed by atoms with E-state index in [4.69, 9.17) is 10.5 Å². The average molecular weight is 198 g/mol. The van der Waals surface area contributed by atoms with Crippen molar-refractivity contribution in [2.24, 2.45) is 5.73 Å². The minimum atomic E-state index is -0.477. The van der Waals surface area contributed by atoms with Crippen LogP contribution >= 0.6 is 0 Å². The second-order valence-corrected chi connectivity index (χ2v) is 3.55. The quantitative estimate of drug-likeness (QED) is 0.634. The highest BCUT2D eigenvalue weighted by Crippen LogP contribution is 2.05. The minimum absolute atomic E-state index is 0.111. The summed E-state index contributed by atoms with van der Waals surface area (Å²) in [5, 5.41) is 2.87. The van der Waals surface area contributed by atoms with Gasteiger partial charge in [-0.15, -0.1) is 6.58 Å². The Hall–Kier alpha value is -0.870. The van der Waals surface area contributed by atoms with E-state index in [1.54, 1.807) is 6.08 Å². The van der Waals surface area contributed by atoms with Gasteiger partial charge in [0.05, 0.1) is 18.7 Å². The number of rotatable bonds is 4. The van der Waals surface area contributed by atoms with E-state index < -0.39 is 6.04 Å². The van der Waals surface area contributed by atoms with Gasteiger partial charge in [-0.1, -0.05) is 6.08 Å². The molecule has 0 saturated carbocycles. The van der Waals surface area contributed by atoms with E-state index in [9.17, 15) is 4.79 Å². The van der Waals surface area contributed by atoms with Crippen molar-refractivity contribution in [3.63, 3.8) is 0 Å². The molecule has 1 heterocycles. The van der Waals surface area contributed by atoms with Crippen molar-refractivity contribution in [2.45, 2.75) is 31.3 Å². The molecule has 0 aromatic carbocycles. The largest absolute Gasteiger partial charge is 0.379 e. The normalized spacial score (nSPS) is 23.9. The van der Waals surface area contributed by atoms with E-state index in [2.05, 4.69) is 11.9 Å². The topological polar surface area (TPSA) is 64.4 Å². The molecule has 0 bridgehead atoms. The zero-order valence-electron chi connectivity index (χ0n) is 8.37. The van der Waals surface area contributed by atoms with Gasteiger partial charge in [-0.2, -0.15) is 0 Å². The van der Waals surface area contributed by atoms with E-state index in [1.165, 1.54) is 0 Å². The number of ether oxygens (including phenoxy) is 1. The summed E-state index contributed by atoms with van der Waals surface area (Å²) in [6.07, 6.45) is 4.15. The molecule has 4 nitrogen and oxygen atoms in total. The number of hydrogen-bond donors (Lipinski definition) is 2. The van der Waals surface area contributed by atoms with Gasteiger partial charge in [-0.25, -0.2) is 0 Å². The van der Waals surface area contributed by atoms with Crippen molar-refractivity contribution in [1.82, 2.24) is 5.32 Å². The van der Waals surface area contributed by atoms with Crippen LogP contribution in [0.2, 0.25) is 0 Å². The van der Waals surface area contributed by atoms with E-state index in [1.807, 2.05) is 0 Å². The zero-order valence-corrected chi connectivity index (χ0v) is 8.37. The third-order valence-electron chi connectivity index (χ3n) is 2.26. The second kappa shape index (κ2) is 5.78. The van der Waals surface area contributed by atoms with Gasteiger partial charge in [-0.05, 0) is 19.3 Å². The maximum Gasteiger partial charge on any atom is 0.237 e. The molecule has 0 aromatic heterocycles. The molecule has 1 fully saturated rings. The molecule has 0 radical (unpaired) electrons. The molecule has 2 unspecified atom stereocenters. The van der Waals surface area contributed by atoms with Crippen LogP contribution in [0.5, 0.6) is 0 Å². The Morgan fingerprint density at radius 1 is 1.79 bits per heavy atom. The van der Waals surface area contributed by atoms with Gasteiger partial charge < -0.3 is 15.8 Å². The van der Waals surface area contributed by atoms with Crippen molar-refractivity contribution in [3.05, 3.63) is 12.7 Å². The Labute approximate surface area is 84.5 Å². The number of nitrogens with two attached hydrogens (primary N) is 1. The monoisotopic (exact) mass is 198 g/mol. The van der Waals surface area contributed by atoms with Gasteiger partial charge in [0.1, 0.15) is 0 Å². The van der Waals surface area contributed by atoms with Crippen LogP contribution in [0, 0.1) is 0 Å². The fraction of sp³-hybridized carbons (Fsp3) is 0.700. The van der Waals surface area contributed by atoms with Crippen molar-refractivity contribution in [2.75, 3.05) is 13.2 Å². The minimum Gasteiger partial charge on any atom is -0.379 e. The lowest BCUT2D eigenvalue weighted by atomic mass is 10.1. The first-order valence-electron chi connectivity index (χ1n) is 4.98. The Kier molecular flexibility index (Phi) is 4.62. The first kappa shape index (κ1) is 11.2. The molecular weight excluding hydrogens is 180 g/mol. The van der Waals surface area contributed by atoms with Gasteiger partial charge in [0.2, 0.25) is 5.91 Å². The summed E-state index contributed by atoms with van der Waals surface area (Å²) >= 11 is 0. The fourth-order valence-electron chi connectivity index (χ4n) is 1.45. The van der Waals surface area contributed by atoms with Crippen molar-refractivity contribution in [3.8, 4) is 0 Å². The van der Waals surface area contributed by atoms with Crippen molar-refractivity contribution in [1.29, 1.82) is 0 Å². The van der Waals surface area contributed by atoms with E-state index >= 15 is 0 Å². The zero-order chi connectivity index (χ0) is 10.4. The Bertz CT molecular complexity index is 200. The van der Waals surface area contributed by atoms with Gasteiger partial charge >= 0.3 is 0 Å². The van der Waals surface area contributed by atoms with E-state index in [0.29, 0.717) is 13.0 Å². The van der Waals surface area contributed by atoms with Crippen LogP contribution < -0.4 is 11.1 Å². The lowest BCUT2D eigenvalue weighted by Crippen LogP contribution is -2.47. The molecular formula is C10H18N2O2. The van der Waals surface area contributed by atoms with Crippen molar-refractivity contribution < 1.29 is 9.53 Å². The summed E-state index contributed by atoms with van der Waals surface area (Å²) in [6, 6.07) is -0.346. The molecule has 1 amide bonds. The lowest BCUT2D eigenvalue weighted by molar-refractivity contribution is -0.123. The first-order chi connectivity index (χ1) is 6.74. The molecule has 1 rings (SSSR count). The van der Waals surface area contributed by atoms with Crippen LogP contribution in [0.1, 0.15) is 19.3 Å². The molecule has 1 aliphatic rings. The average Bonchev–Trinajstić information content (AvgIpc) is 2.19. The third kappa shape index (κ3) is 3.47. The van der Waals surface area contributed by atoms with Crippen LogP contribution in [0.15, 0.2) is 12.7 Å². The van der Waals surface area contributed by atoms with E-state index in [0.717, 1.165) is 19.4 Å².